The molecule has 12 heteroatoms. The van der Waals surface area contributed by atoms with Crippen LogP contribution in [0.3, 0.4) is 0 Å². The first kappa shape index (κ1) is 39.5. The van der Waals surface area contributed by atoms with Crippen LogP contribution in [0.25, 0.3) is 16.6 Å². The van der Waals surface area contributed by atoms with Gasteiger partial charge in [0.2, 0.25) is 5.91 Å². The third-order valence-electron chi connectivity index (χ3n) is 13.4. The molecule has 1 spiro atoms. The van der Waals surface area contributed by atoms with Crippen molar-refractivity contribution >= 4 is 41.7 Å². The number of nitrogens with one attached hydrogen (secondary N) is 1. The number of aromatic amines is 1. The van der Waals surface area contributed by atoms with E-state index < -0.39 is 19.8 Å². The molecule has 2 amide bonds. The third-order valence-corrected chi connectivity index (χ3v) is 17.8. The Bertz CT molecular complexity index is 2670. The van der Waals surface area contributed by atoms with Crippen LogP contribution in [-0.2, 0) is 39.4 Å². The third kappa shape index (κ3) is 6.36. The number of aliphatic hydroxyl groups excluding tert-OH is 1. The molecule has 60 heavy (non-hydrogen) atoms. The second-order valence-electron chi connectivity index (χ2n) is 16.9. The van der Waals surface area contributed by atoms with Crippen molar-refractivity contribution in [2.45, 2.75) is 69.2 Å². The fraction of sp³-hybridized carbons (Fsp3) is 0.312. The van der Waals surface area contributed by atoms with E-state index in [1.165, 1.54) is 4.68 Å². The number of aliphatic hydroxyl groups is 1. The zero-order valence-corrected chi connectivity index (χ0v) is 35.6. The largest absolute Gasteiger partial charge is 0.497 e. The van der Waals surface area contributed by atoms with Gasteiger partial charge in [-0.3, -0.25) is 19.5 Å². The van der Waals surface area contributed by atoms with Gasteiger partial charge in [-0.1, -0.05) is 85.9 Å². The molecule has 1 aromatic heterocycles. The van der Waals surface area contributed by atoms with E-state index in [2.05, 4.69) is 43.3 Å². The minimum absolute atomic E-state index is 0.0515. The van der Waals surface area contributed by atoms with Gasteiger partial charge >= 0.3 is 0 Å². The Labute approximate surface area is 350 Å². The number of rotatable bonds is 10. The molecular formula is C48H50N4O7Si. The van der Waals surface area contributed by atoms with Crippen LogP contribution in [-0.4, -0.2) is 72.6 Å². The quantitative estimate of drug-likeness (QED) is 0.153. The van der Waals surface area contributed by atoms with Gasteiger partial charge in [-0.15, -0.1) is 0 Å². The summed E-state index contributed by atoms with van der Waals surface area (Å²) in [5, 5.41) is 15.5. The average Bonchev–Trinajstić information content (AvgIpc) is 3.85. The highest BCUT2D eigenvalue weighted by Crippen LogP contribution is 2.60. The Morgan fingerprint density at radius 3 is 2.33 bits per heavy atom. The number of H-pyrrole nitrogens is 1. The number of nitrogens with zero attached hydrogens (tertiary/aromatic N) is 3. The first-order valence-corrected chi connectivity index (χ1v) is 23.6. The maximum absolute atomic E-state index is 15.6. The van der Waals surface area contributed by atoms with Crippen molar-refractivity contribution in [3.05, 3.63) is 148 Å². The summed E-state index contributed by atoms with van der Waals surface area (Å²) >= 11 is 0. The average molecular weight is 823 g/mol. The molecule has 4 heterocycles. The summed E-state index contributed by atoms with van der Waals surface area (Å²) in [6.07, 6.45) is -0.000164. The lowest BCUT2D eigenvalue weighted by atomic mass is 9.82. The topological polar surface area (TPSA) is 126 Å². The normalized spacial score (nSPS) is 22.3. The molecule has 1 saturated heterocycles. The van der Waals surface area contributed by atoms with Crippen molar-refractivity contribution < 1.29 is 28.9 Å². The molecule has 0 aliphatic carbocycles. The van der Waals surface area contributed by atoms with Crippen molar-refractivity contribution in [3.8, 4) is 17.2 Å². The van der Waals surface area contributed by atoms with Crippen LogP contribution in [0.15, 0.2) is 120 Å². The van der Waals surface area contributed by atoms with E-state index >= 15 is 4.79 Å². The Morgan fingerprint density at radius 1 is 0.883 bits per heavy atom. The van der Waals surface area contributed by atoms with Gasteiger partial charge in [0.05, 0.1) is 76.3 Å². The molecule has 5 atom stereocenters. The van der Waals surface area contributed by atoms with E-state index in [4.69, 9.17) is 14.2 Å². The second kappa shape index (κ2) is 15.3. The number of methoxy groups -OCH3 is 2. The number of amides is 2. The van der Waals surface area contributed by atoms with E-state index in [0.717, 1.165) is 33.1 Å². The molecule has 11 nitrogen and oxygen atoms in total. The van der Waals surface area contributed by atoms with Crippen LogP contribution >= 0.6 is 0 Å². The van der Waals surface area contributed by atoms with Crippen molar-refractivity contribution in [3.63, 3.8) is 0 Å². The van der Waals surface area contributed by atoms with Crippen molar-refractivity contribution in [2.24, 2.45) is 5.92 Å². The summed E-state index contributed by atoms with van der Waals surface area (Å²) in [6.45, 7) is 7.16. The zero-order valence-electron chi connectivity index (χ0n) is 34.6. The SMILES string of the molecule is COc1ccc([Si](C)(C)[C@@H]2[C@@H](CC(=O)N3Cc4ccccc4C[C@H]3CO)O[C@]3(C(=O)N(Cc4cccc(-n5[nH]c6ccccc6c5=O)c4)c4ccc(OC)cc43)[C@H]2C)cc1. The molecule has 2 N–H and O–H groups in total. The number of para-hydroxylation sites is 1. The van der Waals surface area contributed by atoms with Gasteiger partial charge < -0.3 is 29.1 Å². The van der Waals surface area contributed by atoms with Crippen LogP contribution in [0.5, 0.6) is 11.5 Å². The van der Waals surface area contributed by atoms with Crippen LogP contribution in [0, 0.1) is 5.92 Å². The molecular weight excluding hydrogens is 773 g/mol. The first-order valence-electron chi connectivity index (χ1n) is 20.6. The fourth-order valence-corrected chi connectivity index (χ4v) is 14.3. The molecule has 1 fully saturated rings. The van der Waals surface area contributed by atoms with E-state index in [0.29, 0.717) is 41.0 Å². The summed E-state index contributed by atoms with van der Waals surface area (Å²) in [6, 6.07) is 36.6. The standard InChI is InChI=1S/C48H50N4O7Si/c1-30-45(60(4,5)38-20-17-36(57-2)18-21-38)43(26-44(54)50-28-33-13-7-6-12-32(33)24-35(50)29-53)59-48(30)40-25-37(58-3)19-22-42(40)51(47(48)56)27-31-11-10-14-34(23-31)52-46(55)39-15-8-9-16-41(39)49-52/h6-23,25,30,35,43,45,49,53H,24,26-29H2,1-5H3/t30-,35-,43+,45-,48+/m0/s1. The summed E-state index contributed by atoms with van der Waals surface area (Å²) in [5.74, 6) is 0.684. The monoisotopic (exact) mass is 822 g/mol. The molecule has 5 aromatic carbocycles. The molecule has 6 aromatic rings. The van der Waals surface area contributed by atoms with Crippen molar-refractivity contribution in [1.29, 1.82) is 0 Å². The first-order chi connectivity index (χ1) is 29.0. The van der Waals surface area contributed by atoms with Gasteiger partial charge in [0.1, 0.15) is 11.5 Å². The number of hydrogen-bond donors (Lipinski definition) is 2. The number of hydrogen-bond acceptors (Lipinski definition) is 7. The Kier molecular flexibility index (Phi) is 10.0. The maximum Gasteiger partial charge on any atom is 0.279 e. The molecule has 0 unspecified atom stereocenters. The van der Waals surface area contributed by atoms with E-state index in [-0.39, 0.29) is 54.4 Å². The van der Waals surface area contributed by atoms with Gasteiger partial charge in [-0.2, -0.15) is 0 Å². The highest BCUT2D eigenvalue weighted by Gasteiger charge is 2.66. The minimum Gasteiger partial charge on any atom is -0.497 e. The minimum atomic E-state index is -2.57. The summed E-state index contributed by atoms with van der Waals surface area (Å²) < 4.78 is 20.2. The van der Waals surface area contributed by atoms with Gasteiger partial charge in [0, 0.05) is 18.0 Å². The van der Waals surface area contributed by atoms with Crippen LogP contribution in [0.1, 0.15) is 35.6 Å². The Hall–Kier alpha value is -5.95. The van der Waals surface area contributed by atoms with Gasteiger partial charge in [0.15, 0.2) is 5.60 Å². The van der Waals surface area contributed by atoms with Crippen molar-refractivity contribution in [1.82, 2.24) is 14.7 Å². The molecule has 0 radical (unpaired) electrons. The Morgan fingerprint density at radius 2 is 1.60 bits per heavy atom. The molecule has 0 saturated carbocycles. The van der Waals surface area contributed by atoms with Gasteiger partial charge in [0.25, 0.3) is 11.5 Å². The van der Waals surface area contributed by atoms with Crippen LogP contribution in [0.4, 0.5) is 5.69 Å². The molecule has 0 bridgehead atoms. The van der Waals surface area contributed by atoms with Crippen LogP contribution < -0.4 is 25.1 Å². The second-order valence-corrected chi connectivity index (χ2v) is 21.6. The predicted octanol–water partition coefficient (Wildman–Crippen LogP) is 6.43. The number of aromatic nitrogens is 2. The van der Waals surface area contributed by atoms with E-state index in [1.54, 1.807) is 30.1 Å². The van der Waals surface area contributed by atoms with E-state index in [1.807, 2.05) is 91.0 Å². The van der Waals surface area contributed by atoms with E-state index in [9.17, 15) is 14.7 Å². The lowest BCUT2D eigenvalue weighted by molar-refractivity contribution is -0.151. The fourth-order valence-electron chi connectivity index (χ4n) is 10.3. The lowest BCUT2D eigenvalue weighted by Crippen LogP contribution is -2.52. The number of benzene rings is 5. The number of carbonyl (C=O) groups excluding carboxylic acids is 2. The van der Waals surface area contributed by atoms with Gasteiger partial charge in [-0.25, -0.2) is 4.68 Å². The zero-order chi connectivity index (χ0) is 41.9. The molecule has 308 valence electrons. The van der Waals surface area contributed by atoms with Crippen LogP contribution in [0.2, 0.25) is 18.6 Å². The number of ether oxygens (including phenoxy) is 3. The number of carbonyl (C=O) groups is 2. The predicted molar refractivity (Wildman–Crippen MR) is 234 cm³/mol. The molecule has 3 aliphatic heterocycles. The smallest absolute Gasteiger partial charge is 0.279 e. The summed E-state index contributed by atoms with van der Waals surface area (Å²) in [4.78, 5) is 47.2. The summed E-state index contributed by atoms with van der Waals surface area (Å²) in [7, 11) is 0.684. The molecule has 3 aliphatic rings. The summed E-state index contributed by atoms with van der Waals surface area (Å²) in [5.41, 5.74) is 4.09. The number of fused-ring (bicyclic) bond motifs is 4. The highest BCUT2D eigenvalue weighted by molar-refractivity contribution is 6.91. The molecule has 9 rings (SSSR count). The van der Waals surface area contributed by atoms with Gasteiger partial charge in [-0.05, 0) is 83.2 Å². The maximum atomic E-state index is 15.6. The highest BCUT2D eigenvalue weighted by atomic mass is 28.3. The van der Waals surface area contributed by atoms with Crippen molar-refractivity contribution in [2.75, 3.05) is 25.7 Å². The number of anilines is 1. The lowest BCUT2D eigenvalue weighted by Gasteiger charge is -2.39. The Balaban J connectivity index is 1.11.